The van der Waals surface area contributed by atoms with E-state index in [9.17, 15) is 9.59 Å². The number of hydrogen-bond acceptors (Lipinski definition) is 6. The summed E-state index contributed by atoms with van der Waals surface area (Å²) in [5.41, 5.74) is 0.665. The van der Waals surface area contributed by atoms with Crippen LogP contribution in [0, 0.1) is 11.3 Å². The van der Waals surface area contributed by atoms with E-state index in [1.54, 1.807) is 30.3 Å². The minimum absolute atomic E-state index is 0.189. The van der Waals surface area contributed by atoms with Crippen LogP contribution >= 0.6 is 11.3 Å². The van der Waals surface area contributed by atoms with Crippen LogP contribution in [0.25, 0.3) is 10.8 Å². The molecule has 0 atom stereocenters. The summed E-state index contributed by atoms with van der Waals surface area (Å²) in [6.45, 7) is -0.0161. The molecule has 126 valence electrons. The van der Waals surface area contributed by atoms with Gasteiger partial charge in [0.25, 0.3) is 5.89 Å². The van der Waals surface area contributed by atoms with Crippen molar-refractivity contribution in [2.45, 2.75) is 13.0 Å². The van der Waals surface area contributed by atoms with Gasteiger partial charge in [-0.15, -0.1) is 16.4 Å². The molecule has 8 heteroatoms. The summed E-state index contributed by atoms with van der Waals surface area (Å²) < 4.78 is 6.11. The second kappa shape index (κ2) is 7.59. The topological polar surface area (TPSA) is 92.1 Å². The van der Waals surface area contributed by atoms with E-state index in [4.69, 9.17) is 9.68 Å². The fourth-order valence-electron chi connectivity index (χ4n) is 2.29. The van der Waals surface area contributed by atoms with E-state index in [0.717, 1.165) is 4.68 Å². The van der Waals surface area contributed by atoms with Crippen LogP contribution in [0.4, 0.5) is 5.69 Å². The maximum absolute atomic E-state index is 12.6. The second-order valence-electron chi connectivity index (χ2n) is 5.10. The predicted molar refractivity (Wildman–Crippen MR) is 93.1 cm³/mol. The summed E-state index contributed by atoms with van der Waals surface area (Å²) in [4.78, 5) is 26.8. The summed E-state index contributed by atoms with van der Waals surface area (Å²) in [6, 6.07) is 14.6. The van der Waals surface area contributed by atoms with Gasteiger partial charge in [0.1, 0.15) is 6.54 Å². The van der Waals surface area contributed by atoms with Crippen molar-refractivity contribution < 1.29 is 9.21 Å². The first-order chi connectivity index (χ1) is 12.2. The molecule has 0 bridgehead atoms. The summed E-state index contributed by atoms with van der Waals surface area (Å²) >= 11 is 1.39. The lowest BCUT2D eigenvalue weighted by Gasteiger charge is -2.21. The van der Waals surface area contributed by atoms with Crippen molar-refractivity contribution in [1.82, 2.24) is 9.78 Å². The van der Waals surface area contributed by atoms with Crippen LogP contribution in [0.2, 0.25) is 0 Å². The molecule has 2 aromatic heterocycles. The van der Waals surface area contributed by atoms with E-state index in [-0.39, 0.29) is 31.3 Å². The van der Waals surface area contributed by atoms with Gasteiger partial charge in [-0.1, -0.05) is 24.3 Å². The first kappa shape index (κ1) is 16.7. The number of para-hydroxylation sites is 1. The quantitative estimate of drug-likeness (QED) is 0.678. The Morgan fingerprint density at radius 1 is 1.28 bits per heavy atom. The molecule has 0 saturated heterocycles. The highest BCUT2D eigenvalue weighted by Gasteiger charge is 2.19. The minimum Gasteiger partial charge on any atom is -0.387 e. The van der Waals surface area contributed by atoms with E-state index in [1.165, 1.54) is 16.2 Å². The molecule has 1 amide bonds. The van der Waals surface area contributed by atoms with Crippen molar-refractivity contribution in [3.05, 3.63) is 58.4 Å². The molecule has 0 spiro atoms. The van der Waals surface area contributed by atoms with Crippen molar-refractivity contribution in [3.8, 4) is 16.8 Å². The van der Waals surface area contributed by atoms with Crippen LogP contribution in [0.15, 0.2) is 57.1 Å². The van der Waals surface area contributed by atoms with E-state index < -0.39 is 5.76 Å². The number of nitriles is 1. The number of amides is 1. The number of rotatable bonds is 6. The van der Waals surface area contributed by atoms with Gasteiger partial charge in [0.2, 0.25) is 5.91 Å². The average Bonchev–Trinajstić information content (AvgIpc) is 3.27. The maximum atomic E-state index is 12.6. The van der Waals surface area contributed by atoms with Gasteiger partial charge in [0.05, 0.1) is 17.4 Å². The smallest absolute Gasteiger partial charge is 0.387 e. The number of thiophene rings is 1. The van der Waals surface area contributed by atoms with E-state index in [0.29, 0.717) is 10.6 Å². The van der Waals surface area contributed by atoms with Crippen molar-refractivity contribution in [3.63, 3.8) is 0 Å². The van der Waals surface area contributed by atoms with Gasteiger partial charge in [-0.2, -0.15) is 9.94 Å². The highest BCUT2D eigenvalue weighted by Crippen LogP contribution is 2.21. The summed E-state index contributed by atoms with van der Waals surface area (Å²) in [7, 11) is 0. The zero-order valence-electron chi connectivity index (χ0n) is 13.2. The molecule has 0 aliphatic rings. The fourth-order valence-corrected chi connectivity index (χ4v) is 2.93. The fraction of sp³-hybridized carbons (Fsp3) is 0.176. The van der Waals surface area contributed by atoms with Gasteiger partial charge >= 0.3 is 5.76 Å². The lowest BCUT2D eigenvalue weighted by Crippen LogP contribution is -2.36. The highest BCUT2D eigenvalue weighted by molar-refractivity contribution is 7.13. The second-order valence-corrected chi connectivity index (χ2v) is 6.04. The first-order valence-corrected chi connectivity index (χ1v) is 8.41. The van der Waals surface area contributed by atoms with Crippen molar-refractivity contribution in [1.29, 1.82) is 5.26 Å². The Kier molecular flexibility index (Phi) is 5.06. The summed E-state index contributed by atoms with van der Waals surface area (Å²) in [5.74, 6) is -0.837. The van der Waals surface area contributed by atoms with Crippen LogP contribution in [0.3, 0.4) is 0 Å². The number of carbonyl (C=O) groups is 1. The third-order valence-corrected chi connectivity index (χ3v) is 4.30. The highest BCUT2D eigenvalue weighted by atomic mass is 32.1. The van der Waals surface area contributed by atoms with E-state index in [2.05, 4.69) is 5.10 Å². The number of aromatic nitrogens is 2. The van der Waals surface area contributed by atoms with E-state index in [1.807, 2.05) is 23.6 Å². The Morgan fingerprint density at radius 2 is 2.08 bits per heavy atom. The zero-order valence-corrected chi connectivity index (χ0v) is 14.0. The maximum Gasteiger partial charge on any atom is 0.437 e. The van der Waals surface area contributed by atoms with Gasteiger partial charge in [-0.25, -0.2) is 4.79 Å². The predicted octanol–water partition coefficient (Wildman–Crippen LogP) is 2.51. The number of hydrogen-bond donors (Lipinski definition) is 0. The van der Waals surface area contributed by atoms with Gasteiger partial charge < -0.3 is 9.32 Å². The molecule has 0 fully saturated rings. The Hall–Kier alpha value is -3.18. The van der Waals surface area contributed by atoms with Crippen molar-refractivity contribution in [2.75, 3.05) is 11.4 Å². The molecule has 3 rings (SSSR count). The monoisotopic (exact) mass is 354 g/mol. The molecule has 0 unspecified atom stereocenters. The Morgan fingerprint density at radius 3 is 2.76 bits per heavy atom. The van der Waals surface area contributed by atoms with E-state index >= 15 is 0 Å². The van der Waals surface area contributed by atoms with Crippen LogP contribution in [0.5, 0.6) is 0 Å². The third-order valence-electron chi connectivity index (χ3n) is 3.44. The van der Waals surface area contributed by atoms with Gasteiger partial charge in [0, 0.05) is 12.2 Å². The lowest BCUT2D eigenvalue weighted by molar-refractivity contribution is -0.119. The Labute approximate surface area is 147 Å². The molecular weight excluding hydrogens is 340 g/mol. The minimum atomic E-state index is -0.690. The lowest BCUT2D eigenvalue weighted by atomic mass is 10.2. The molecule has 2 heterocycles. The van der Waals surface area contributed by atoms with Crippen molar-refractivity contribution >= 4 is 22.9 Å². The normalized spacial score (nSPS) is 10.4. The number of anilines is 1. The van der Waals surface area contributed by atoms with Crippen LogP contribution in [-0.2, 0) is 11.3 Å². The molecule has 0 N–H and O–H groups in total. The molecule has 3 aromatic rings. The average molecular weight is 354 g/mol. The molecule has 0 saturated carbocycles. The molecule has 7 nitrogen and oxygen atoms in total. The molecule has 0 aliphatic heterocycles. The summed E-state index contributed by atoms with van der Waals surface area (Å²) in [5, 5.41) is 14.7. The standard InChI is InChI=1S/C17H14N4O3S/c18-9-5-10-20(13-6-2-1-3-7-13)15(22)12-21-17(23)24-16(19-21)14-8-4-11-25-14/h1-4,6-8,11H,5,10,12H2. The molecule has 1 aromatic carbocycles. The third kappa shape index (κ3) is 3.84. The Balaban J connectivity index is 1.82. The van der Waals surface area contributed by atoms with Gasteiger partial charge in [-0.05, 0) is 23.6 Å². The summed E-state index contributed by atoms with van der Waals surface area (Å²) in [6.07, 6.45) is 0.189. The first-order valence-electron chi connectivity index (χ1n) is 7.53. The van der Waals surface area contributed by atoms with Gasteiger partial charge in [-0.3, -0.25) is 4.79 Å². The molecule has 0 aliphatic carbocycles. The number of carbonyl (C=O) groups excluding carboxylic acids is 1. The van der Waals surface area contributed by atoms with Crippen molar-refractivity contribution in [2.24, 2.45) is 0 Å². The van der Waals surface area contributed by atoms with Crippen LogP contribution < -0.4 is 10.7 Å². The van der Waals surface area contributed by atoms with Gasteiger partial charge in [0.15, 0.2) is 0 Å². The molecule has 0 radical (unpaired) electrons. The number of benzene rings is 1. The SMILES string of the molecule is N#CCCN(C(=O)Cn1nc(-c2cccs2)oc1=O)c1ccccc1. The molecular formula is C17H14N4O3S. The Bertz CT molecular complexity index is 938. The molecule has 25 heavy (non-hydrogen) atoms. The van der Waals surface area contributed by atoms with Crippen LogP contribution in [0.1, 0.15) is 6.42 Å². The largest absolute Gasteiger partial charge is 0.437 e. The number of nitrogens with zero attached hydrogens (tertiary/aromatic N) is 4. The zero-order chi connectivity index (χ0) is 17.6. The van der Waals surface area contributed by atoms with Crippen LogP contribution in [-0.4, -0.2) is 22.2 Å².